The van der Waals surface area contributed by atoms with Crippen LogP contribution in [0.4, 0.5) is 4.39 Å². The molecule has 0 aromatic heterocycles. The molecule has 2 atom stereocenters. The summed E-state index contributed by atoms with van der Waals surface area (Å²) in [5.74, 6) is -0.361. The number of benzene rings is 1. The summed E-state index contributed by atoms with van der Waals surface area (Å²) >= 11 is 11.8. The third kappa shape index (κ3) is 5.84. The van der Waals surface area contributed by atoms with Gasteiger partial charge in [-0.15, -0.1) is 0 Å². The molecule has 0 saturated carbocycles. The lowest BCUT2D eigenvalue weighted by molar-refractivity contribution is -0.146. The van der Waals surface area contributed by atoms with E-state index >= 15 is 4.39 Å². The SMILES string of the molecule is C[C@@H]1COC[C@H](C)N1C(=O)CN1CCC(F)(CNC(=O)c2cc(Cl)cc(Cl)c2)CC1. The Bertz CT molecular complexity index is 757. The van der Waals surface area contributed by atoms with Crippen LogP contribution < -0.4 is 5.32 Å². The van der Waals surface area contributed by atoms with Gasteiger partial charge in [-0.05, 0) is 44.9 Å². The average molecular weight is 460 g/mol. The van der Waals surface area contributed by atoms with E-state index in [1.807, 2.05) is 23.6 Å². The van der Waals surface area contributed by atoms with Gasteiger partial charge in [0.2, 0.25) is 5.91 Å². The monoisotopic (exact) mass is 459 g/mol. The van der Waals surface area contributed by atoms with Crippen LogP contribution in [-0.2, 0) is 9.53 Å². The summed E-state index contributed by atoms with van der Waals surface area (Å²) in [4.78, 5) is 28.9. The van der Waals surface area contributed by atoms with Gasteiger partial charge in [-0.2, -0.15) is 0 Å². The van der Waals surface area contributed by atoms with Gasteiger partial charge < -0.3 is 15.0 Å². The van der Waals surface area contributed by atoms with Gasteiger partial charge in [0.25, 0.3) is 5.91 Å². The standard InChI is InChI=1S/C21H28Cl2FN3O3/c1-14-11-30-12-15(2)27(14)19(28)10-26-5-3-21(24,4-6-26)13-25-20(29)16-7-17(22)9-18(23)8-16/h7-9,14-15H,3-6,10-13H2,1-2H3,(H,25,29)/t14-,15+. The zero-order valence-corrected chi connectivity index (χ0v) is 18.8. The van der Waals surface area contributed by atoms with Crippen molar-refractivity contribution in [2.45, 2.75) is 44.4 Å². The number of ether oxygens (including phenoxy) is 1. The third-order valence-corrected chi connectivity index (χ3v) is 6.19. The predicted octanol–water partition coefficient (Wildman–Crippen LogP) is 3.16. The van der Waals surface area contributed by atoms with Crippen LogP contribution >= 0.6 is 23.2 Å². The first-order valence-corrected chi connectivity index (χ1v) is 11.0. The summed E-state index contributed by atoms with van der Waals surface area (Å²) in [5, 5.41) is 3.35. The number of alkyl halides is 1. The molecule has 0 radical (unpaired) electrons. The number of nitrogens with zero attached hydrogens (tertiary/aromatic N) is 2. The number of hydrogen-bond acceptors (Lipinski definition) is 4. The van der Waals surface area contributed by atoms with Gasteiger partial charge in [-0.3, -0.25) is 14.5 Å². The molecule has 6 nitrogen and oxygen atoms in total. The lowest BCUT2D eigenvalue weighted by Crippen LogP contribution is -2.56. The molecule has 2 saturated heterocycles. The molecule has 0 spiro atoms. The number of hydrogen-bond donors (Lipinski definition) is 1. The van der Waals surface area contributed by atoms with Crippen molar-refractivity contribution in [1.82, 2.24) is 15.1 Å². The lowest BCUT2D eigenvalue weighted by atomic mass is 9.93. The van der Waals surface area contributed by atoms with Gasteiger partial charge in [0.15, 0.2) is 0 Å². The molecule has 0 aliphatic carbocycles. The fourth-order valence-electron chi connectivity index (χ4n) is 4.08. The Balaban J connectivity index is 1.48. The number of rotatable bonds is 5. The van der Waals surface area contributed by atoms with Gasteiger partial charge >= 0.3 is 0 Å². The van der Waals surface area contributed by atoms with E-state index in [1.165, 1.54) is 18.2 Å². The van der Waals surface area contributed by atoms with E-state index in [0.29, 0.717) is 41.9 Å². The zero-order valence-electron chi connectivity index (χ0n) is 17.3. The van der Waals surface area contributed by atoms with E-state index in [0.717, 1.165) is 0 Å². The quantitative estimate of drug-likeness (QED) is 0.734. The molecule has 1 aromatic rings. The highest BCUT2D eigenvalue weighted by Gasteiger charge is 2.37. The molecule has 1 aromatic carbocycles. The first-order chi connectivity index (χ1) is 14.2. The van der Waals surface area contributed by atoms with Crippen LogP contribution in [0.3, 0.4) is 0 Å². The van der Waals surface area contributed by atoms with E-state index in [1.54, 1.807) is 0 Å². The normalized spacial score (nSPS) is 24.5. The molecule has 0 bridgehead atoms. The van der Waals surface area contributed by atoms with E-state index in [9.17, 15) is 9.59 Å². The van der Waals surface area contributed by atoms with E-state index in [-0.39, 0.29) is 43.9 Å². The summed E-state index contributed by atoms with van der Waals surface area (Å²) in [7, 11) is 0. The Labute approximate surface area is 186 Å². The van der Waals surface area contributed by atoms with Crippen molar-refractivity contribution >= 4 is 35.0 Å². The maximum atomic E-state index is 15.2. The summed E-state index contributed by atoms with van der Waals surface area (Å²) in [6.45, 7) is 6.16. The number of carbonyl (C=O) groups excluding carboxylic acids is 2. The molecule has 2 aliphatic rings. The first kappa shape index (κ1) is 23.3. The Hall–Kier alpha value is -1.41. The number of nitrogens with one attached hydrogen (secondary N) is 1. The van der Waals surface area contributed by atoms with Crippen molar-refractivity contribution < 1.29 is 18.7 Å². The lowest BCUT2D eigenvalue weighted by Gasteiger charge is -2.41. The van der Waals surface area contributed by atoms with Crippen LogP contribution in [0, 0.1) is 0 Å². The molecule has 0 unspecified atom stereocenters. The fourth-order valence-corrected chi connectivity index (χ4v) is 4.61. The molecule has 30 heavy (non-hydrogen) atoms. The average Bonchev–Trinajstić information content (AvgIpc) is 2.67. The molecule has 2 amide bonds. The molecule has 2 fully saturated rings. The van der Waals surface area contributed by atoms with Crippen molar-refractivity contribution in [2.75, 3.05) is 39.4 Å². The third-order valence-electron chi connectivity index (χ3n) is 5.76. The number of halogens is 3. The maximum absolute atomic E-state index is 15.2. The van der Waals surface area contributed by atoms with Gasteiger partial charge in [-0.25, -0.2) is 4.39 Å². The molecule has 2 aliphatic heterocycles. The second kappa shape index (κ2) is 9.81. The molecule has 3 rings (SSSR count). The number of amides is 2. The van der Waals surface area contributed by atoms with Crippen molar-refractivity contribution in [3.63, 3.8) is 0 Å². The number of likely N-dealkylation sites (tertiary alicyclic amines) is 1. The van der Waals surface area contributed by atoms with Crippen LogP contribution in [0.5, 0.6) is 0 Å². The van der Waals surface area contributed by atoms with Gasteiger partial charge in [-0.1, -0.05) is 23.2 Å². The number of piperidine rings is 1. The van der Waals surface area contributed by atoms with Crippen LogP contribution in [-0.4, -0.2) is 78.8 Å². The molecular formula is C21H28Cl2FN3O3. The summed E-state index contributed by atoms with van der Waals surface area (Å²) in [6, 6.07) is 4.61. The van der Waals surface area contributed by atoms with Crippen molar-refractivity contribution in [3.05, 3.63) is 33.8 Å². The Morgan fingerprint density at radius 2 is 1.70 bits per heavy atom. The Morgan fingerprint density at radius 3 is 2.27 bits per heavy atom. The Morgan fingerprint density at radius 1 is 1.13 bits per heavy atom. The topological polar surface area (TPSA) is 61.9 Å². The largest absolute Gasteiger partial charge is 0.377 e. The van der Waals surface area contributed by atoms with Crippen LogP contribution in [0.15, 0.2) is 18.2 Å². The van der Waals surface area contributed by atoms with Crippen LogP contribution in [0.2, 0.25) is 10.0 Å². The maximum Gasteiger partial charge on any atom is 0.251 e. The van der Waals surface area contributed by atoms with Gasteiger partial charge in [0.1, 0.15) is 5.67 Å². The second-order valence-corrected chi connectivity index (χ2v) is 9.18. The molecular weight excluding hydrogens is 432 g/mol. The van der Waals surface area contributed by atoms with Crippen molar-refractivity contribution in [3.8, 4) is 0 Å². The van der Waals surface area contributed by atoms with Crippen molar-refractivity contribution in [2.24, 2.45) is 0 Å². The van der Waals surface area contributed by atoms with E-state index in [2.05, 4.69) is 5.32 Å². The highest BCUT2D eigenvalue weighted by atomic mass is 35.5. The summed E-state index contributed by atoms with van der Waals surface area (Å²) in [5.41, 5.74) is -1.20. The first-order valence-electron chi connectivity index (χ1n) is 10.2. The van der Waals surface area contributed by atoms with Crippen molar-refractivity contribution in [1.29, 1.82) is 0 Å². The van der Waals surface area contributed by atoms with E-state index < -0.39 is 11.6 Å². The van der Waals surface area contributed by atoms with Crippen LogP contribution in [0.25, 0.3) is 0 Å². The molecule has 166 valence electrons. The zero-order chi connectivity index (χ0) is 21.9. The fraction of sp³-hybridized carbons (Fsp3) is 0.619. The minimum atomic E-state index is -1.50. The highest BCUT2D eigenvalue weighted by Crippen LogP contribution is 2.27. The molecule has 1 N–H and O–H groups in total. The minimum Gasteiger partial charge on any atom is -0.377 e. The highest BCUT2D eigenvalue weighted by molar-refractivity contribution is 6.35. The number of carbonyl (C=O) groups is 2. The summed E-state index contributed by atoms with van der Waals surface area (Å²) in [6.07, 6.45) is 0.510. The second-order valence-electron chi connectivity index (χ2n) is 8.30. The smallest absolute Gasteiger partial charge is 0.251 e. The Kier molecular flexibility index (Phi) is 7.61. The van der Waals surface area contributed by atoms with Gasteiger partial charge in [0.05, 0.1) is 38.4 Å². The minimum absolute atomic E-state index is 0.0431. The molecule has 2 heterocycles. The summed E-state index contributed by atoms with van der Waals surface area (Å²) < 4.78 is 20.7. The van der Waals surface area contributed by atoms with Crippen LogP contribution in [0.1, 0.15) is 37.0 Å². The van der Waals surface area contributed by atoms with Gasteiger partial charge in [0, 0.05) is 28.7 Å². The molecule has 9 heteroatoms. The predicted molar refractivity (Wildman–Crippen MR) is 115 cm³/mol. The van der Waals surface area contributed by atoms with E-state index in [4.69, 9.17) is 27.9 Å². The number of morpholine rings is 1.